The van der Waals surface area contributed by atoms with Crippen molar-refractivity contribution < 1.29 is 9.53 Å². The van der Waals surface area contributed by atoms with Gasteiger partial charge in [-0.1, -0.05) is 0 Å². The fraction of sp³-hybridized carbons (Fsp3) is 0.467. The Morgan fingerprint density at radius 2 is 2.00 bits per heavy atom. The standard InChI is InChI=1S/C30H39N9O2S/c1-30(2,3)41-23-9-7-22(36-18-40)16-39(17-23)29(34)42-28(33)24-15-35-27(12-26(24)37-20-5-4-6-20)25-10-8-21(38-25)11-19(13-31)14-32/h8,10-13,15,18,20,22-23,31,33-34,38H,4-7,9,16-17H2,1-3H3,(H,35,37)(H,36,40)/b19-11+,31-13?,33-28?,34-29?. The molecular weight excluding hydrogens is 550 g/mol. The Balaban J connectivity index is 1.54. The van der Waals surface area contributed by atoms with Gasteiger partial charge in [0.15, 0.2) is 5.17 Å². The normalized spacial score (nSPS) is 19.7. The molecule has 0 radical (unpaired) electrons. The van der Waals surface area contributed by atoms with Gasteiger partial charge in [0.2, 0.25) is 6.41 Å². The van der Waals surface area contributed by atoms with Crippen molar-refractivity contribution in [1.82, 2.24) is 20.2 Å². The quantitative estimate of drug-likeness (QED) is 0.103. The van der Waals surface area contributed by atoms with E-state index >= 15 is 0 Å². The Labute approximate surface area is 251 Å². The molecule has 2 aromatic rings. The zero-order valence-electron chi connectivity index (χ0n) is 24.3. The second kappa shape index (κ2) is 13.8. The van der Waals surface area contributed by atoms with E-state index in [9.17, 15) is 4.79 Å². The molecule has 0 bridgehead atoms. The van der Waals surface area contributed by atoms with E-state index < -0.39 is 0 Å². The lowest BCUT2D eigenvalue weighted by atomic mass is 9.92. The number of carbonyl (C=O) groups is 1. The zero-order chi connectivity index (χ0) is 30.3. The lowest BCUT2D eigenvalue weighted by Crippen LogP contribution is -2.43. The molecule has 1 amide bonds. The van der Waals surface area contributed by atoms with Crippen LogP contribution < -0.4 is 10.6 Å². The Hall–Kier alpha value is -3.95. The fourth-order valence-corrected chi connectivity index (χ4v) is 5.71. The Morgan fingerprint density at radius 3 is 2.64 bits per heavy atom. The number of aromatic nitrogens is 2. The molecule has 1 saturated carbocycles. The summed E-state index contributed by atoms with van der Waals surface area (Å²) >= 11 is 1.07. The van der Waals surface area contributed by atoms with Gasteiger partial charge in [0.25, 0.3) is 0 Å². The molecule has 3 heterocycles. The number of nitrogens with zero attached hydrogens (tertiary/aromatic N) is 3. The second-order valence-electron chi connectivity index (χ2n) is 11.6. The molecular formula is C30H39N9O2S. The molecule has 2 aliphatic rings. The second-order valence-corrected chi connectivity index (χ2v) is 12.6. The monoisotopic (exact) mass is 589 g/mol. The average Bonchev–Trinajstić information content (AvgIpc) is 3.30. The molecule has 2 unspecified atom stereocenters. The van der Waals surface area contributed by atoms with E-state index in [0.717, 1.165) is 61.5 Å². The predicted molar refractivity (Wildman–Crippen MR) is 168 cm³/mol. The van der Waals surface area contributed by atoms with Crippen LogP contribution in [0.2, 0.25) is 0 Å². The highest BCUT2D eigenvalue weighted by molar-refractivity contribution is 8.26. The van der Waals surface area contributed by atoms with E-state index in [1.807, 2.05) is 49.9 Å². The number of pyridine rings is 1. The summed E-state index contributed by atoms with van der Waals surface area (Å²) < 4.78 is 6.26. The van der Waals surface area contributed by atoms with Crippen molar-refractivity contribution in [3.05, 3.63) is 41.2 Å². The van der Waals surface area contributed by atoms with Crippen LogP contribution in [-0.2, 0) is 9.53 Å². The summed E-state index contributed by atoms with van der Waals surface area (Å²) in [4.78, 5) is 21.0. The van der Waals surface area contributed by atoms with Crippen LogP contribution in [0.15, 0.2) is 30.0 Å². The lowest BCUT2D eigenvalue weighted by molar-refractivity contribution is -0.110. The van der Waals surface area contributed by atoms with Gasteiger partial charge in [0.1, 0.15) is 11.1 Å². The number of likely N-dealkylation sites (tertiary alicyclic amines) is 1. The number of nitriles is 1. The number of hydrogen-bond acceptors (Lipinski definition) is 9. The maximum absolute atomic E-state index is 11.2. The molecule has 12 heteroatoms. The molecule has 11 nitrogen and oxygen atoms in total. The minimum atomic E-state index is -0.333. The molecule has 1 saturated heterocycles. The maximum Gasteiger partial charge on any atom is 0.207 e. The molecule has 4 rings (SSSR count). The Kier molecular flexibility index (Phi) is 10.2. The molecule has 0 aromatic carbocycles. The van der Waals surface area contributed by atoms with Gasteiger partial charge in [0, 0.05) is 54.5 Å². The zero-order valence-corrected chi connectivity index (χ0v) is 25.1. The van der Waals surface area contributed by atoms with Gasteiger partial charge in [-0.05, 0) is 88.9 Å². The van der Waals surface area contributed by atoms with Gasteiger partial charge in [-0.2, -0.15) is 5.26 Å². The topological polar surface area (TPSA) is 178 Å². The number of allylic oxidation sites excluding steroid dienone is 1. The van der Waals surface area contributed by atoms with Crippen LogP contribution in [0.1, 0.15) is 64.1 Å². The van der Waals surface area contributed by atoms with Crippen LogP contribution in [0.4, 0.5) is 5.69 Å². The molecule has 6 N–H and O–H groups in total. The molecule has 1 aliphatic carbocycles. The minimum Gasteiger partial charge on any atom is -0.382 e. The van der Waals surface area contributed by atoms with Crippen molar-refractivity contribution in [2.75, 3.05) is 18.4 Å². The van der Waals surface area contributed by atoms with Gasteiger partial charge in [-0.3, -0.25) is 20.6 Å². The number of carbonyl (C=O) groups excluding carboxylic acids is 1. The SMILES string of the molecule is CC(C)(C)OC1CCC(NC=O)CN(C(=N)SC(=N)c2cnc(-c3ccc(/C=C(/C#N)C=N)[nH]3)cc2NC2CCC2)C1. The van der Waals surface area contributed by atoms with Gasteiger partial charge in [-0.15, -0.1) is 0 Å². The van der Waals surface area contributed by atoms with Crippen LogP contribution in [0.3, 0.4) is 0 Å². The van der Waals surface area contributed by atoms with Crippen LogP contribution in [-0.4, -0.2) is 74.6 Å². The molecule has 2 fully saturated rings. The van der Waals surface area contributed by atoms with Crippen molar-refractivity contribution in [1.29, 1.82) is 21.5 Å². The van der Waals surface area contributed by atoms with Crippen LogP contribution in [0.5, 0.6) is 0 Å². The number of ether oxygens (including phenoxy) is 1. The summed E-state index contributed by atoms with van der Waals surface area (Å²) in [6.45, 7) is 7.01. The Morgan fingerprint density at radius 1 is 1.21 bits per heavy atom. The largest absolute Gasteiger partial charge is 0.382 e. The van der Waals surface area contributed by atoms with E-state index in [1.165, 1.54) is 0 Å². The first-order valence-electron chi connectivity index (χ1n) is 14.1. The number of H-pyrrole nitrogens is 1. The van der Waals surface area contributed by atoms with Crippen LogP contribution in [0, 0.1) is 27.6 Å². The number of amides is 1. The molecule has 222 valence electrons. The van der Waals surface area contributed by atoms with E-state index in [2.05, 4.69) is 20.6 Å². The van der Waals surface area contributed by atoms with E-state index in [1.54, 1.807) is 12.3 Å². The van der Waals surface area contributed by atoms with Gasteiger partial charge >= 0.3 is 0 Å². The summed E-state index contributed by atoms with van der Waals surface area (Å²) in [6, 6.07) is 7.80. The van der Waals surface area contributed by atoms with Crippen LogP contribution >= 0.6 is 11.8 Å². The molecule has 2 atom stereocenters. The molecule has 1 aliphatic heterocycles. The number of amidine groups is 1. The van der Waals surface area contributed by atoms with E-state index in [-0.39, 0.29) is 33.5 Å². The van der Waals surface area contributed by atoms with Crippen molar-refractivity contribution in [2.45, 2.75) is 76.7 Å². The number of nitrogens with one attached hydrogen (secondary N) is 6. The predicted octanol–water partition coefficient (Wildman–Crippen LogP) is 4.99. The molecule has 2 aromatic heterocycles. The van der Waals surface area contributed by atoms with E-state index in [0.29, 0.717) is 42.5 Å². The highest BCUT2D eigenvalue weighted by atomic mass is 32.2. The molecule has 42 heavy (non-hydrogen) atoms. The first-order chi connectivity index (χ1) is 20.1. The summed E-state index contributed by atoms with van der Waals surface area (Å²) in [6.07, 6.45) is 9.68. The first-order valence-corrected chi connectivity index (χ1v) is 15.0. The number of rotatable bonds is 9. The third-order valence-corrected chi connectivity index (χ3v) is 8.08. The minimum absolute atomic E-state index is 0.0980. The number of hydrogen-bond donors (Lipinski definition) is 6. The average molecular weight is 590 g/mol. The van der Waals surface area contributed by atoms with Crippen molar-refractivity contribution >= 4 is 46.4 Å². The smallest absolute Gasteiger partial charge is 0.207 e. The van der Waals surface area contributed by atoms with Crippen molar-refractivity contribution in [2.24, 2.45) is 0 Å². The van der Waals surface area contributed by atoms with E-state index in [4.69, 9.17) is 26.2 Å². The third-order valence-electron chi connectivity index (χ3n) is 7.21. The first kappa shape index (κ1) is 31.0. The molecule has 0 spiro atoms. The third kappa shape index (κ3) is 8.30. The summed E-state index contributed by atoms with van der Waals surface area (Å²) in [5.41, 5.74) is 3.42. The summed E-state index contributed by atoms with van der Waals surface area (Å²) in [5, 5.41) is 41.2. The number of anilines is 1. The van der Waals surface area contributed by atoms with Gasteiger partial charge in [-0.25, -0.2) is 0 Å². The van der Waals surface area contributed by atoms with Crippen molar-refractivity contribution in [3.8, 4) is 17.5 Å². The number of aromatic amines is 1. The maximum atomic E-state index is 11.2. The van der Waals surface area contributed by atoms with Crippen molar-refractivity contribution in [3.63, 3.8) is 0 Å². The van der Waals surface area contributed by atoms with Gasteiger partial charge < -0.3 is 30.7 Å². The van der Waals surface area contributed by atoms with Gasteiger partial charge in [0.05, 0.1) is 28.7 Å². The number of thioether (sulfide) groups is 1. The fourth-order valence-electron chi connectivity index (χ4n) is 4.96. The Bertz CT molecular complexity index is 1380. The highest BCUT2D eigenvalue weighted by Gasteiger charge is 2.30. The highest BCUT2D eigenvalue weighted by Crippen LogP contribution is 2.31. The van der Waals surface area contributed by atoms with Crippen LogP contribution in [0.25, 0.3) is 17.5 Å². The summed E-state index contributed by atoms with van der Waals surface area (Å²) in [7, 11) is 0. The lowest BCUT2D eigenvalue weighted by Gasteiger charge is -2.31. The summed E-state index contributed by atoms with van der Waals surface area (Å²) in [5.74, 6) is 0.